The van der Waals surface area contributed by atoms with Crippen molar-refractivity contribution in [3.8, 4) is 28.5 Å². The van der Waals surface area contributed by atoms with Crippen molar-refractivity contribution in [3.63, 3.8) is 0 Å². The second-order valence-electron chi connectivity index (χ2n) is 10.0. The number of hydrogen-bond donors (Lipinski definition) is 2. The molecule has 0 spiro atoms. The van der Waals surface area contributed by atoms with Crippen molar-refractivity contribution in [2.24, 2.45) is 0 Å². The van der Waals surface area contributed by atoms with Gasteiger partial charge >= 0.3 is 11.9 Å². The average molecular weight is 603 g/mol. The molecule has 0 saturated carbocycles. The molecule has 0 atom stereocenters. The minimum Gasteiger partial charge on any atom is -0.496 e. The molecule has 5 rings (SSSR count). The molecule has 0 fully saturated rings. The second kappa shape index (κ2) is 13.0. The van der Waals surface area contributed by atoms with E-state index in [9.17, 15) is 19.8 Å². The molecule has 2 N–H and O–H groups in total. The Morgan fingerprint density at radius 1 is 1.09 bits per heavy atom. The van der Waals surface area contributed by atoms with E-state index in [4.69, 9.17) is 25.8 Å². The molecule has 2 heterocycles. The van der Waals surface area contributed by atoms with E-state index < -0.39 is 11.9 Å². The fourth-order valence-electron chi connectivity index (χ4n) is 5.09. The molecule has 10 heteroatoms. The van der Waals surface area contributed by atoms with Crippen molar-refractivity contribution in [2.45, 2.75) is 39.3 Å². The molecule has 1 aliphatic heterocycles. The Hall–Kier alpha value is -4.76. The lowest BCUT2D eigenvalue weighted by atomic mass is 9.98. The Morgan fingerprint density at radius 3 is 2.65 bits per heavy atom. The van der Waals surface area contributed by atoms with E-state index in [-0.39, 0.29) is 17.7 Å². The summed E-state index contributed by atoms with van der Waals surface area (Å²) in [5.74, 6) is -0.681. The second-order valence-corrected chi connectivity index (χ2v) is 10.5. The van der Waals surface area contributed by atoms with Crippen LogP contribution in [0.15, 0.2) is 60.8 Å². The summed E-state index contributed by atoms with van der Waals surface area (Å²) < 4.78 is 19.3. The van der Waals surface area contributed by atoms with Crippen molar-refractivity contribution in [1.29, 1.82) is 0 Å². The number of aromatic carboxylic acids is 1. The van der Waals surface area contributed by atoms with Gasteiger partial charge in [0.15, 0.2) is 0 Å². The van der Waals surface area contributed by atoms with Crippen LogP contribution >= 0.6 is 11.6 Å². The predicted molar refractivity (Wildman–Crippen MR) is 163 cm³/mol. The van der Waals surface area contributed by atoms with Crippen LogP contribution in [0, 0.1) is 0 Å². The first-order chi connectivity index (χ1) is 20.8. The Balaban J connectivity index is 1.63. The summed E-state index contributed by atoms with van der Waals surface area (Å²) in [5, 5.41) is 25.0. The molecule has 0 aliphatic carbocycles. The maximum atomic E-state index is 12.7. The number of aryl methyl sites for hydroxylation is 1. The molecule has 1 aromatic heterocycles. The number of hydrogen-bond acceptors (Lipinski definition) is 6. The van der Waals surface area contributed by atoms with Gasteiger partial charge in [-0.05, 0) is 48.9 Å². The van der Waals surface area contributed by atoms with Crippen molar-refractivity contribution in [2.75, 3.05) is 13.7 Å². The largest absolute Gasteiger partial charge is 0.496 e. The molecule has 9 nitrogen and oxygen atoms in total. The molecule has 1 aliphatic rings. The number of benzene rings is 3. The minimum absolute atomic E-state index is 0.00191. The van der Waals surface area contributed by atoms with Crippen LogP contribution in [0.2, 0.25) is 5.02 Å². The van der Waals surface area contributed by atoms with E-state index >= 15 is 0 Å². The summed E-state index contributed by atoms with van der Waals surface area (Å²) in [6.45, 7) is 3.17. The lowest BCUT2D eigenvalue weighted by Crippen LogP contribution is -2.07. The Bertz CT molecular complexity index is 1710. The monoisotopic (exact) mass is 602 g/mol. The highest BCUT2D eigenvalue weighted by molar-refractivity contribution is 6.31. The van der Waals surface area contributed by atoms with Gasteiger partial charge in [-0.25, -0.2) is 9.59 Å². The van der Waals surface area contributed by atoms with Crippen LogP contribution in [0.4, 0.5) is 0 Å². The third-order valence-electron chi connectivity index (χ3n) is 7.25. The molecular weight excluding hydrogens is 572 g/mol. The number of fused-ring (bicyclic) bond motifs is 1. The SMILES string of the molecule is CCCCn1ncc(/C=C(/C(=O)O)c2cc3c(cc2OC)CCO3)c1-c1cc(Cl)ccc1OCc1ccccc1C(=O)O. The smallest absolute Gasteiger partial charge is 0.336 e. The van der Waals surface area contributed by atoms with Crippen molar-refractivity contribution < 1.29 is 34.0 Å². The summed E-state index contributed by atoms with van der Waals surface area (Å²) >= 11 is 6.47. The number of ether oxygens (including phenoxy) is 3. The fraction of sp³-hybridized carbons (Fsp3) is 0.242. The van der Waals surface area contributed by atoms with Crippen molar-refractivity contribution >= 4 is 35.2 Å². The van der Waals surface area contributed by atoms with Crippen LogP contribution in [0.25, 0.3) is 22.9 Å². The number of carboxylic acids is 2. The number of carboxylic acid groups (broad SMARTS) is 2. The molecule has 43 heavy (non-hydrogen) atoms. The zero-order valence-corrected chi connectivity index (χ0v) is 24.6. The van der Waals surface area contributed by atoms with Gasteiger partial charge in [-0.2, -0.15) is 5.10 Å². The first-order valence-electron chi connectivity index (χ1n) is 13.9. The number of aliphatic carboxylic acids is 1. The first kappa shape index (κ1) is 29.7. The third kappa shape index (κ3) is 6.36. The van der Waals surface area contributed by atoms with Gasteiger partial charge in [0.2, 0.25) is 0 Å². The van der Waals surface area contributed by atoms with Gasteiger partial charge in [0.1, 0.15) is 23.9 Å². The van der Waals surface area contributed by atoms with Gasteiger partial charge < -0.3 is 24.4 Å². The highest BCUT2D eigenvalue weighted by Crippen LogP contribution is 2.40. The normalized spacial score (nSPS) is 12.5. The molecule has 0 radical (unpaired) electrons. The molecular formula is C33H31ClN2O7. The molecule has 0 bridgehead atoms. The van der Waals surface area contributed by atoms with Crippen LogP contribution in [0.1, 0.15) is 52.4 Å². The maximum absolute atomic E-state index is 12.7. The highest BCUT2D eigenvalue weighted by atomic mass is 35.5. The van der Waals surface area contributed by atoms with Gasteiger partial charge in [-0.15, -0.1) is 0 Å². The van der Waals surface area contributed by atoms with Gasteiger partial charge in [0.25, 0.3) is 0 Å². The molecule has 0 saturated heterocycles. The Morgan fingerprint density at radius 2 is 1.91 bits per heavy atom. The zero-order chi connectivity index (χ0) is 30.5. The molecule has 4 aromatic rings. The van der Waals surface area contributed by atoms with Crippen LogP contribution < -0.4 is 14.2 Å². The summed E-state index contributed by atoms with van der Waals surface area (Å²) in [5.41, 5.74) is 3.75. The van der Waals surface area contributed by atoms with Crippen LogP contribution in [-0.2, 0) is 24.4 Å². The highest BCUT2D eigenvalue weighted by Gasteiger charge is 2.24. The lowest BCUT2D eigenvalue weighted by molar-refractivity contribution is -0.130. The topological polar surface area (TPSA) is 120 Å². The zero-order valence-electron chi connectivity index (χ0n) is 23.8. The fourth-order valence-corrected chi connectivity index (χ4v) is 5.27. The van der Waals surface area contributed by atoms with E-state index in [0.29, 0.717) is 63.4 Å². The van der Waals surface area contributed by atoms with Gasteiger partial charge in [-0.3, -0.25) is 4.68 Å². The number of nitrogens with zero attached hydrogens (tertiary/aromatic N) is 2. The van der Waals surface area contributed by atoms with Gasteiger partial charge in [0, 0.05) is 45.8 Å². The maximum Gasteiger partial charge on any atom is 0.336 e. The Kier molecular flexibility index (Phi) is 9.01. The lowest BCUT2D eigenvalue weighted by Gasteiger charge is -2.16. The molecule has 3 aromatic carbocycles. The molecule has 0 unspecified atom stereocenters. The minimum atomic E-state index is -1.14. The number of methoxy groups -OCH3 is 1. The van der Waals surface area contributed by atoms with Gasteiger partial charge in [-0.1, -0.05) is 43.1 Å². The van der Waals surface area contributed by atoms with E-state index in [1.165, 1.54) is 13.2 Å². The number of halogens is 1. The Labute approximate surface area is 253 Å². The predicted octanol–water partition coefficient (Wildman–Crippen LogP) is 6.85. The summed E-state index contributed by atoms with van der Waals surface area (Å²) in [4.78, 5) is 24.4. The number of aromatic nitrogens is 2. The van der Waals surface area contributed by atoms with Crippen molar-refractivity contribution in [3.05, 3.63) is 93.6 Å². The van der Waals surface area contributed by atoms with E-state index in [1.807, 2.05) is 10.7 Å². The number of rotatable bonds is 12. The van der Waals surface area contributed by atoms with E-state index in [0.717, 1.165) is 24.8 Å². The average Bonchev–Trinajstić information content (AvgIpc) is 3.63. The van der Waals surface area contributed by atoms with Gasteiger partial charge in [0.05, 0.1) is 36.7 Å². The number of carbonyl (C=O) groups is 2. The molecule has 222 valence electrons. The number of unbranched alkanes of at least 4 members (excludes halogenated alkanes) is 1. The summed E-state index contributed by atoms with van der Waals surface area (Å²) in [6.07, 6.45) is 5.66. The van der Waals surface area contributed by atoms with Crippen molar-refractivity contribution in [1.82, 2.24) is 9.78 Å². The molecule has 0 amide bonds. The first-order valence-corrected chi connectivity index (χ1v) is 14.3. The van der Waals surface area contributed by atoms with E-state index in [2.05, 4.69) is 12.0 Å². The summed E-state index contributed by atoms with van der Waals surface area (Å²) in [6, 6.07) is 15.3. The summed E-state index contributed by atoms with van der Waals surface area (Å²) in [7, 11) is 1.51. The quantitative estimate of drug-likeness (QED) is 0.169. The van der Waals surface area contributed by atoms with Crippen LogP contribution in [-0.4, -0.2) is 45.6 Å². The standard InChI is InChI=1S/C33H31ClN2O7/c1-3-4-12-36-31(27-16-23(34)9-10-28(27)43-19-21-7-5-6-8-24(21)32(37)38)22(18-35-36)14-26(33(39)40)25-17-29-20(11-13-42-29)15-30(25)41-2/h5-10,14-18H,3-4,11-13,19H2,1-2H3,(H,37,38)(H,39,40)/b26-14+. The van der Waals surface area contributed by atoms with Crippen LogP contribution in [0.3, 0.4) is 0 Å². The third-order valence-corrected chi connectivity index (χ3v) is 7.49. The van der Waals surface area contributed by atoms with E-state index in [1.54, 1.807) is 54.7 Å². The van der Waals surface area contributed by atoms with Crippen LogP contribution in [0.5, 0.6) is 17.2 Å².